The van der Waals surface area contributed by atoms with Gasteiger partial charge in [0.15, 0.2) is 0 Å². The van der Waals surface area contributed by atoms with Crippen molar-refractivity contribution in [3.63, 3.8) is 0 Å². The number of hydrogen-bond acceptors (Lipinski definition) is 3. The summed E-state index contributed by atoms with van der Waals surface area (Å²) >= 11 is 0. The monoisotopic (exact) mass is 278 g/mol. The van der Waals surface area contributed by atoms with Crippen molar-refractivity contribution in [2.24, 2.45) is 5.92 Å². The molecule has 0 aromatic carbocycles. The van der Waals surface area contributed by atoms with Crippen LogP contribution in [0.3, 0.4) is 0 Å². The molecule has 0 amide bonds. The summed E-state index contributed by atoms with van der Waals surface area (Å²) in [5.74, 6) is 0.743. The first-order valence-corrected chi connectivity index (χ1v) is 8.61. The normalized spacial score (nSPS) is 14.4. The number of hydrogen-bond donors (Lipinski definition) is 2. The molecular weight excluding hydrogens is 248 g/mol. The average molecular weight is 278 g/mol. The molecule has 0 aromatic rings. The van der Waals surface area contributed by atoms with Crippen molar-refractivity contribution < 1.29 is 8.42 Å². The van der Waals surface area contributed by atoms with Gasteiger partial charge in [-0.3, -0.25) is 0 Å². The van der Waals surface area contributed by atoms with Gasteiger partial charge in [0.1, 0.15) is 0 Å². The molecule has 4 nitrogen and oxygen atoms in total. The van der Waals surface area contributed by atoms with E-state index < -0.39 is 10.0 Å². The average Bonchev–Trinajstić information content (AvgIpc) is 2.13. The Hall–Kier alpha value is -0.130. The minimum atomic E-state index is -3.10. The van der Waals surface area contributed by atoms with Crippen LogP contribution in [-0.4, -0.2) is 32.8 Å². The fourth-order valence-electron chi connectivity index (χ4n) is 1.93. The van der Waals surface area contributed by atoms with Crippen molar-refractivity contribution in [3.8, 4) is 0 Å². The lowest BCUT2D eigenvalue weighted by Crippen LogP contribution is -2.35. The molecule has 1 atom stereocenters. The summed E-state index contributed by atoms with van der Waals surface area (Å²) in [6, 6.07) is 0.495. The second-order valence-corrected chi connectivity index (χ2v) is 7.66. The minimum absolute atomic E-state index is 0.0313. The minimum Gasteiger partial charge on any atom is -0.315 e. The third-order valence-electron chi connectivity index (χ3n) is 2.60. The number of nitrogens with one attached hydrogen (secondary N) is 2. The maximum atomic E-state index is 11.8. The quantitative estimate of drug-likeness (QED) is 0.602. The number of rotatable bonds is 10. The molecule has 0 spiro atoms. The second-order valence-electron chi connectivity index (χ2n) is 5.78. The Morgan fingerprint density at radius 1 is 1.00 bits per heavy atom. The van der Waals surface area contributed by atoms with E-state index in [-0.39, 0.29) is 11.8 Å². The van der Waals surface area contributed by atoms with E-state index in [1.807, 2.05) is 6.92 Å². The summed E-state index contributed by atoms with van der Waals surface area (Å²) in [4.78, 5) is 0. The predicted octanol–water partition coefficient (Wildman–Crippen LogP) is 2.12. The van der Waals surface area contributed by atoms with E-state index in [1.54, 1.807) is 0 Å². The van der Waals surface area contributed by atoms with E-state index in [0.717, 1.165) is 19.4 Å². The van der Waals surface area contributed by atoms with Gasteiger partial charge in [-0.05, 0) is 38.6 Å². The zero-order chi connectivity index (χ0) is 14.2. The van der Waals surface area contributed by atoms with Crippen molar-refractivity contribution >= 4 is 10.0 Å². The molecule has 0 aliphatic rings. The van der Waals surface area contributed by atoms with Gasteiger partial charge in [-0.15, -0.1) is 0 Å². The summed E-state index contributed by atoms with van der Waals surface area (Å²) < 4.78 is 26.3. The van der Waals surface area contributed by atoms with Crippen molar-refractivity contribution in [1.29, 1.82) is 0 Å². The van der Waals surface area contributed by atoms with E-state index in [2.05, 4.69) is 37.7 Å². The van der Waals surface area contributed by atoms with Crippen molar-refractivity contribution in [2.45, 2.75) is 66.0 Å². The first kappa shape index (κ1) is 17.9. The smallest absolute Gasteiger partial charge is 0.211 e. The van der Waals surface area contributed by atoms with E-state index >= 15 is 0 Å². The Kier molecular flexibility index (Phi) is 8.82. The van der Waals surface area contributed by atoms with Gasteiger partial charge in [0, 0.05) is 12.1 Å². The Bertz CT molecular complexity index is 300. The predicted molar refractivity (Wildman–Crippen MR) is 78.2 cm³/mol. The molecule has 0 fully saturated rings. The molecule has 1 unspecified atom stereocenters. The molecule has 0 aliphatic heterocycles. The van der Waals surface area contributed by atoms with Crippen LogP contribution in [-0.2, 0) is 10.0 Å². The molecule has 18 heavy (non-hydrogen) atoms. The lowest BCUT2D eigenvalue weighted by atomic mass is 10.1. The van der Waals surface area contributed by atoms with E-state index in [9.17, 15) is 8.42 Å². The maximum absolute atomic E-state index is 11.8. The Balaban J connectivity index is 3.80. The molecule has 0 aliphatic carbocycles. The van der Waals surface area contributed by atoms with Crippen LogP contribution in [0.5, 0.6) is 0 Å². The fourth-order valence-corrected chi connectivity index (χ4v) is 3.34. The summed E-state index contributed by atoms with van der Waals surface area (Å²) in [7, 11) is -3.10. The van der Waals surface area contributed by atoms with Gasteiger partial charge >= 0.3 is 0 Å². The van der Waals surface area contributed by atoms with Gasteiger partial charge in [0.25, 0.3) is 0 Å². The van der Waals surface area contributed by atoms with Crippen molar-refractivity contribution in [3.05, 3.63) is 0 Å². The molecular formula is C13H30N2O2S. The largest absolute Gasteiger partial charge is 0.315 e. The number of sulfonamides is 1. The molecule has 0 rings (SSSR count). The molecule has 0 heterocycles. The highest BCUT2D eigenvalue weighted by molar-refractivity contribution is 7.89. The molecule has 0 saturated carbocycles. The highest BCUT2D eigenvalue weighted by atomic mass is 32.2. The molecule has 0 aromatic heterocycles. The highest BCUT2D eigenvalue weighted by Gasteiger charge is 2.14. The molecule has 5 heteroatoms. The van der Waals surface area contributed by atoms with Crippen LogP contribution in [0.1, 0.15) is 53.9 Å². The second kappa shape index (κ2) is 8.88. The molecule has 0 bridgehead atoms. The first-order chi connectivity index (χ1) is 8.23. The van der Waals surface area contributed by atoms with Crippen LogP contribution in [0.25, 0.3) is 0 Å². The molecule has 0 radical (unpaired) electrons. The van der Waals surface area contributed by atoms with Gasteiger partial charge in [-0.2, -0.15) is 0 Å². The zero-order valence-electron chi connectivity index (χ0n) is 12.5. The van der Waals surface area contributed by atoms with Gasteiger partial charge in [0.2, 0.25) is 10.0 Å². The third kappa shape index (κ3) is 11.0. The van der Waals surface area contributed by atoms with Crippen molar-refractivity contribution in [2.75, 3.05) is 12.3 Å². The van der Waals surface area contributed by atoms with Crippen LogP contribution >= 0.6 is 0 Å². The van der Waals surface area contributed by atoms with Crippen LogP contribution < -0.4 is 10.0 Å². The standard InChI is InChI=1S/C13H30N2O2S/c1-11(2)10-13(5)15-18(16,17)9-7-6-8-14-12(3)4/h11-15H,6-10H2,1-5H3. The van der Waals surface area contributed by atoms with Gasteiger partial charge < -0.3 is 5.32 Å². The van der Waals surface area contributed by atoms with Gasteiger partial charge in [-0.1, -0.05) is 27.7 Å². The highest BCUT2D eigenvalue weighted by Crippen LogP contribution is 2.05. The number of unbranched alkanes of at least 4 members (excludes halogenated alkanes) is 1. The SMILES string of the molecule is CC(C)CC(C)NS(=O)(=O)CCCCNC(C)C. The summed E-state index contributed by atoms with van der Waals surface area (Å²) in [5, 5.41) is 3.28. The maximum Gasteiger partial charge on any atom is 0.211 e. The Morgan fingerprint density at radius 3 is 2.11 bits per heavy atom. The summed E-state index contributed by atoms with van der Waals surface area (Å²) in [5.41, 5.74) is 0. The molecule has 110 valence electrons. The Labute approximate surface area is 113 Å². The first-order valence-electron chi connectivity index (χ1n) is 6.96. The summed E-state index contributed by atoms with van der Waals surface area (Å²) in [6.45, 7) is 11.2. The van der Waals surface area contributed by atoms with Crippen LogP contribution in [0.4, 0.5) is 0 Å². The molecule has 0 saturated heterocycles. The van der Waals surface area contributed by atoms with E-state index in [0.29, 0.717) is 18.4 Å². The zero-order valence-corrected chi connectivity index (χ0v) is 13.3. The van der Waals surface area contributed by atoms with Crippen molar-refractivity contribution in [1.82, 2.24) is 10.0 Å². The van der Waals surface area contributed by atoms with Crippen LogP contribution in [0, 0.1) is 5.92 Å². The van der Waals surface area contributed by atoms with Crippen LogP contribution in [0.2, 0.25) is 0 Å². The third-order valence-corrected chi connectivity index (χ3v) is 4.19. The Morgan fingerprint density at radius 2 is 1.61 bits per heavy atom. The lowest BCUT2D eigenvalue weighted by molar-refractivity contribution is 0.481. The van der Waals surface area contributed by atoms with E-state index in [1.165, 1.54) is 0 Å². The molecule has 2 N–H and O–H groups in total. The summed E-state index contributed by atoms with van der Waals surface area (Å²) in [6.07, 6.45) is 2.50. The fraction of sp³-hybridized carbons (Fsp3) is 1.00. The van der Waals surface area contributed by atoms with Gasteiger partial charge in [-0.25, -0.2) is 13.1 Å². The lowest BCUT2D eigenvalue weighted by Gasteiger charge is -2.16. The van der Waals surface area contributed by atoms with E-state index in [4.69, 9.17) is 0 Å². The van der Waals surface area contributed by atoms with Gasteiger partial charge in [0.05, 0.1) is 5.75 Å². The van der Waals surface area contributed by atoms with Crippen LogP contribution in [0.15, 0.2) is 0 Å². The topological polar surface area (TPSA) is 58.2 Å².